The van der Waals surface area contributed by atoms with E-state index in [0.717, 1.165) is 22.3 Å². The van der Waals surface area contributed by atoms with Crippen LogP contribution in [0.1, 0.15) is 35.6 Å². The average Bonchev–Trinajstić information content (AvgIpc) is 3.05. The van der Waals surface area contributed by atoms with Crippen molar-refractivity contribution in [1.29, 1.82) is 0 Å². The average molecular weight is 614 g/mol. The van der Waals surface area contributed by atoms with Gasteiger partial charge in [0.1, 0.15) is 11.8 Å². The third-order valence-corrected chi connectivity index (χ3v) is 8.85. The van der Waals surface area contributed by atoms with E-state index in [4.69, 9.17) is 4.74 Å². The van der Waals surface area contributed by atoms with Crippen LogP contribution in [0.2, 0.25) is 0 Å². The number of amides is 2. The van der Waals surface area contributed by atoms with Crippen molar-refractivity contribution >= 4 is 21.8 Å². The van der Waals surface area contributed by atoms with Crippen LogP contribution in [0.3, 0.4) is 0 Å². The summed E-state index contributed by atoms with van der Waals surface area (Å²) in [6.45, 7) is 2.60. The molecule has 230 valence electrons. The van der Waals surface area contributed by atoms with E-state index in [2.05, 4.69) is 10.0 Å². The van der Waals surface area contributed by atoms with Crippen molar-refractivity contribution in [3.63, 3.8) is 0 Å². The van der Waals surface area contributed by atoms with E-state index in [1.54, 1.807) is 43.2 Å². The first-order valence-corrected chi connectivity index (χ1v) is 16.1. The fourth-order valence-corrected chi connectivity index (χ4v) is 5.93. The third-order valence-electron chi connectivity index (χ3n) is 7.29. The number of hydrogen-bond acceptors (Lipinski definition) is 5. The summed E-state index contributed by atoms with van der Waals surface area (Å²) in [6, 6.07) is 32.6. The Morgan fingerprint density at radius 1 is 0.773 bits per heavy atom. The lowest BCUT2D eigenvalue weighted by Crippen LogP contribution is -2.50. The van der Waals surface area contributed by atoms with Crippen LogP contribution in [0.4, 0.5) is 0 Å². The monoisotopic (exact) mass is 613 g/mol. The second-order valence-electron chi connectivity index (χ2n) is 10.4. The molecule has 0 aliphatic heterocycles. The van der Waals surface area contributed by atoms with Crippen LogP contribution in [-0.2, 0) is 45.5 Å². The molecule has 1 atom stereocenters. The third kappa shape index (κ3) is 9.26. The van der Waals surface area contributed by atoms with Gasteiger partial charge in [-0.2, -0.15) is 0 Å². The minimum Gasteiger partial charge on any atom is -0.497 e. The van der Waals surface area contributed by atoms with E-state index in [1.165, 1.54) is 0 Å². The van der Waals surface area contributed by atoms with Gasteiger partial charge in [-0.3, -0.25) is 9.59 Å². The Kier molecular flexibility index (Phi) is 11.7. The highest BCUT2D eigenvalue weighted by atomic mass is 32.2. The Morgan fingerprint density at radius 2 is 1.36 bits per heavy atom. The number of rotatable bonds is 15. The predicted octanol–water partition coefficient (Wildman–Crippen LogP) is 4.88. The van der Waals surface area contributed by atoms with Gasteiger partial charge < -0.3 is 15.0 Å². The number of ether oxygens (including phenoxy) is 1. The summed E-state index contributed by atoms with van der Waals surface area (Å²) < 4.78 is 32.4. The Bertz CT molecular complexity index is 1590. The first-order valence-electron chi connectivity index (χ1n) is 14.7. The van der Waals surface area contributed by atoms with Gasteiger partial charge in [-0.25, -0.2) is 13.1 Å². The molecule has 0 aromatic heterocycles. The second kappa shape index (κ2) is 15.8. The Morgan fingerprint density at radius 3 is 1.95 bits per heavy atom. The molecule has 0 fully saturated rings. The first-order chi connectivity index (χ1) is 21.3. The maximum absolute atomic E-state index is 14.0. The summed E-state index contributed by atoms with van der Waals surface area (Å²) in [6.07, 6.45) is 0.885. The van der Waals surface area contributed by atoms with E-state index < -0.39 is 16.1 Å². The van der Waals surface area contributed by atoms with Gasteiger partial charge in [-0.15, -0.1) is 0 Å². The highest BCUT2D eigenvalue weighted by Gasteiger charge is 2.30. The highest BCUT2D eigenvalue weighted by molar-refractivity contribution is 7.89. The summed E-state index contributed by atoms with van der Waals surface area (Å²) >= 11 is 0. The molecule has 44 heavy (non-hydrogen) atoms. The molecule has 2 N–H and O–H groups in total. The van der Waals surface area contributed by atoms with E-state index in [0.29, 0.717) is 31.7 Å². The molecular weight excluding hydrogens is 574 g/mol. The summed E-state index contributed by atoms with van der Waals surface area (Å²) in [4.78, 5) is 29.6. The number of benzene rings is 4. The van der Waals surface area contributed by atoms with Crippen molar-refractivity contribution in [3.8, 4) is 5.75 Å². The fourth-order valence-electron chi connectivity index (χ4n) is 4.89. The molecule has 0 heterocycles. The highest BCUT2D eigenvalue weighted by Crippen LogP contribution is 2.20. The molecule has 4 rings (SSSR count). The Hall–Kier alpha value is -4.47. The molecule has 8 nitrogen and oxygen atoms in total. The smallest absolute Gasteiger partial charge is 0.243 e. The van der Waals surface area contributed by atoms with Gasteiger partial charge in [0.2, 0.25) is 21.8 Å². The van der Waals surface area contributed by atoms with Crippen LogP contribution >= 0.6 is 0 Å². The zero-order chi connectivity index (χ0) is 31.4. The number of hydrogen-bond donors (Lipinski definition) is 2. The minimum atomic E-state index is -3.57. The van der Waals surface area contributed by atoms with Crippen LogP contribution in [-0.4, -0.2) is 44.8 Å². The molecule has 0 saturated heterocycles. The molecule has 9 heteroatoms. The van der Waals surface area contributed by atoms with E-state index in [1.807, 2.05) is 84.9 Å². The number of sulfonamides is 1. The topological polar surface area (TPSA) is 105 Å². The Balaban J connectivity index is 1.59. The SMILES string of the molecule is CCNS(=O)(=O)c1ccc(CCC(=O)N(Cc2ccc(OC)cc2)C(Cc2ccccc2)C(=O)NCc2ccccc2)cc1. The molecule has 0 aliphatic carbocycles. The van der Waals surface area contributed by atoms with Gasteiger partial charge in [0.15, 0.2) is 0 Å². The van der Waals surface area contributed by atoms with Crippen molar-refractivity contribution in [2.75, 3.05) is 13.7 Å². The number of nitrogens with zero attached hydrogens (tertiary/aromatic N) is 1. The molecule has 2 amide bonds. The number of carbonyl (C=O) groups is 2. The lowest BCUT2D eigenvalue weighted by atomic mass is 10.0. The van der Waals surface area contributed by atoms with Crippen LogP contribution in [0.25, 0.3) is 0 Å². The largest absolute Gasteiger partial charge is 0.497 e. The lowest BCUT2D eigenvalue weighted by Gasteiger charge is -2.32. The van der Waals surface area contributed by atoms with Gasteiger partial charge >= 0.3 is 0 Å². The molecular formula is C35H39N3O5S. The zero-order valence-electron chi connectivity index (χ0n) is 25.1. The molecule has 4 aromatic carbocycles. The van der Waals surface area contributed by atoms with Crippen LogP contribution < -0.4 is 14.8 Å². The van der Waals surface area contributed by atoms with Crippen molar-refractivity contribution in [1.82, 2.24) is 14.9 Å². The summed E-state index contributed by atoms with van der Waals surface area (Å²) in [5, 5.41) is 3.05. The van der Waals surface area contributed by atoms with Gasteiger partial charge in [-0.05, 0) is 52.9 Å². The number of carbonyl (C=O) groups excluding carboxylic acids is 2. The quantitative estimate of drug-likeness (QED) is 0.199. The first kappa shape index (κ1) is 32.4. The summed E-state index contributed by atoms with van der Waals surface area (Å²) in [5.74, 6) is 0.283. The maximum Gasteiger partial charge on any atom is 0.243 e. The van der Waals surface area contributed by atoms with E-state index in [9.17, 15) is 18.0 Å². The zero-order valence-corrected chi connectivity index (χ0v) is 25.9. The molecule has 0 bridgehead atoms. The van der Waals surface area contributed by atoms with Crippen molar-refractivity contribution in [2.24, 2.45) is 0 Å². The molecule has 0 aliphatic rings. The van der Waals surface area contributed by atoms with Crippen molar-refractivity contribution in [2.45, 2.75) is 50.2 Å². The van der Waals surface area contributed by atoms with Crippen molar-refractivity contribution in [3.05, 3.63) is 131 Å². The summed E-state index contributed by atoms with van der Waals surface area (Å²) in [7, 11) is -1.97. The maximum atomic E-state index is 14.0. The Labute approximate surface area is 260 Å². The predicted molar refractivity (Wildman–Crippen MR) is 171 cm³/mol. The minimum absolute atomic E-state index is 0.146. The summed E-state index contributed by atoms with van der Waals surface area (Å²) in [5.41, 5.74) is 3.60. The van der Waals surface area contributed by atoms with E-state index in [-0.39, 0.29) is 29.7 Å². The van der Waals surface area contributed by atoms with Crippen LogP contribution in [0.15, 0.2) is 114 Å². The second-order valence-corrected chi connectivity index (χ2v) is 12.2. The van der Waals surface area contributed by atoms with Crippen LogP contribution in [0.5, 0.6) is 5.75 Å². The van der Waals surface area contributed by atoms with Crippen molar-refractivity contribution < 1.29 is 22.7 Å². The number of methoxy groups -OCH3 is 1. The molecule has 4 aromatic rings. The molecule has 0 radical (unpaired) electrons. The van der Waals surface area contributed by atoms with Crippen LogP contribution in [0, 0.1) is 0 Å². The number of nitrogens with one attached hydrogen (secondary N) is 2. The normalized spacial score (nSPS) is 11.9. The van der Waals surface area contributed by atoms with Gasteiger partial charge in [0, 0.05) is 32.5 Å². The molecule has 0 saturated carbocycles. The van der Waals surface area contributed by atoms with Gasteiger partial charge in [0.05, 0.1) is 12.0 Å². The van der Waals surface area contributed by atoms with Gasteiger partial charge in [0.25, 0.3) is 0 Å². The molecule has 0 spiro atoms. The van der Waals surface area contributed by atoms with E-state index >= 15 is 0 Å². The number of aryl methyl sites for hydroxylation is 1. The van der Waals surface area contributed by atoms with Gasteiger partial charge in [-0.1, -0.05) is 91.9 Å². The standard InChI is InChI=1S/C35H39N3O5S/c1-3-37-44(41,42)32-21-16-27(17-22-32)18-23-34(39)38(26-30-14-19-31(43-2)20-15-30)33(24-28-10-6-4-7-11-28)35(40)36-25-29-12-8-5-9-13-29/h4-17,19-22,33,37H,3,18,23-26H2,1-2H3,(H,36,40). The molecule has 1 unspecified atom stereocenters. The fraction of sp³-hybridized carbons (Fsp3) is 0.257. The lowest BCUT2D eigenvalue weighted by molar-refractivity contribution is -0.141.